The van der Waals surface area contributed by atoms with Gasteiger partial charge in [-0.05, 0) is 47.2 Å². The summed E-state index contributed by atoms with van der Waals surface area (Å²) in [6, 6.07) is 26.9. The first-order chi connectivity index (χ1) is 21.4. The second-order valence-corrected chi connectivity index (χ2v) is 12.2. The first-order valence-corrected chi connectivity index (χ1v) is 15.3. The second-order valence-electron chi connectivity index (χ2n) is 12.2. The molecule has 6 rings (SSSR count). The molecule has 8 nitrogen and oxygen atoms in total. The molecule has 0 saturated heterocycles. The Morgan fingerprint density at radius 1 is 0.955 bits per heavy atom. The Hall–Kier alpha value is -4.24. The lowest BCUT2D eigenvalue weighted by atomic mass is 10.0. The van der Waals surface area contributed by atoms with Gasteiger partial charge in [0.2, 0.25) is 0 Å². The third kappa shape index (κ3) is 6.19. The molecular formula is C36H41N5O3. The summed E-state index contributed by atoms with van der Waals surface area (Å²) < 4.78 is 7.60. The second kappa shape index (κ2) is 12.8. The Morgan fingerprint density at radius 2 is 1.70 bits per heavy atom. The molecule has 0 radical (unpaired) electrons. The van der Waals surface area contributed by atoms with Crippen LogP contribution in [0.15, 0.2) is 78.9 Å². The minimum atomic E-state index is -0.385. The number of hydrogen-bond donors (Lipinski definition) is 3. The maximum absolute atomic E-state index is 13.8. The van der Waals surface area contributed by atoms with Crippen LogP contribution in [-0.2, 0) is 32.6 Å². The van der Waals surface area contributed by atoms with Crippen LogP contribution in [0, 0.1) is 0 Å². The van der Waals surface area contributed by atoms with Gasteiger partial charge in [0, 0.05) is 61.3 Å². The van der Waals surface area contributed by atoms with Crippen molar-refractivity contribution < 1.29 is 14.6 Å². The Kier molecular flexibility index (Phi) is 8.66. The van der Waals surface area contributed by atoms with Gasteiger partial charge in [-0.1, -0.05) is 72.8 Å². The number of hydrogen-bond acceptors (Lipinski definition) is 6. The van der Waals surface area contributed by atoms with Crippen molar-refractivity contribution in [1.82, 2.24) is 25.3 Å². The summed E-state index contributed by atoms with van der Waals surface area (Å²) in [4.78, 5) is 16.2. The Labute approximate surface area is 258 Å². The van der Waals surface area contributed by atoms with E-state index in [9.17, 15) is 9.90 Å². The minimum Gasteiger partial charge on any atom is -0.496 e. The highest BCUT2D eigenvalue weighted by Gasteiger charge is 2.29. The molecule has 0 aliphatic carbocycles. The third-order valence-corrected chi connectivity index (χ3v) is 8.66. The van der Waals surface area contributed by atoms with Gasteiger partial charge in [0.25, 0.3) is 5.91 Å². The normalized spacial score (nSPS) is 13.7. The monoisotopic (exact) mass is 591 g/mol. The van der Waals surface area contributed by atoms with Crippen molar-refractivity contribution in [1.29, 1.82) is 0 Å². The smallest absolute Gasteiger partial charge is 0.272 e. The number of amides is 1. The molecule has 1 aromatic heterocycles. The molecule has 228 valence electrons. The summed E-state index contributed by atoms with van der Waals surface area (Å²) in [5.74, 6) is 0.711. The lowest BCUT2D eigenvalue weighted by molar-refractivity contribution is 0.0942. The summed E-state index contributed by atoms with van der Waals surface area (Å²) in [5, 5.41) is 25.7. The molecular weight excluding hydrogens is 550 g/mol. The van der Waals surface area contributed by atoms with E-state index in [0.29, 0.717) is 31.9 Å². The number of nitrogens with zero attached hydrogens (tertiary/aromatic N) is 3. The third-order valence-electron chi connectivity index (χ3n) is 8.66. The number of benzene rings is 4. The molecule has 0 atom stereocenters. The topological polar surface area (TPSA) is 91.7 Å². The van der Waals surface area contributed by atoms with Gasteiger partial charge < -0.3 is 20.5 Å². The molecule has 1 amide bonds. The van der Waals surface area contributed by atoms with Crippen LogP contribution in [0.4, 0.5) is 0 Å². The summed E-state index contributed by atoms with van der Waals surface area (Å²) in [5.41, 5.74) is 4.52. The number of nitrogens with one attached hydrogen (secondary N) is 2. The molecule has 3 N–H and O–H groups in total. The zero-order valence-electron chi connectivity index (χ0n) is 25.8. The molecule has 44 heavy (non-hydrogen) atoms. The van der Waals surface area contributed by atoms with E-state index in [4.69, 9.17) is 9.84 Å². The highest BCUT2D eigenvalue weighted by molar-refractivity contribution is 5.95. The van der Waals surface area contributed by atoms with Crippen LogP contribution in [0.2, 0.25) is 0 Å². The van der Waals surface area contributed by atoms with Crippen LogP contribution in [0.25, 0.3) is 21.5 Å². The van der Waals surface area contributed by atoms with Gasteiger partial charge in [-0.25, -0.2) is 0 Å². The van der Waals surface area contributed by atoms with Crippen molar-refractivity contribution in [2.75, 3.05) is 26.8 Å². The number of methoxy groups -OCH3 is 1. The highest BCUT2D eigenvalue weighted by atomic mass is 16.5. The molecule has 8 heteroatoms. The predicted octanol–water partition coefficient (Wildman–Crippen LogP) is 5.05. The molecule has 0 unspecified atom stereocenters. The van der Waals surface area contributed by atoms with E-state index in [1.807, 2.05) is 48.9 Å². The van der Waals surface area contributed by atoms with Crippen LogP contribution in [0.3, 0.4) is 0 Å². The average molecular weight is 592 g/mol. The quantitative estimate of drug-likeness (QED) is 0.199. The van der Waals surface area contributed by atoms with Gasteiger partial charge in [0.15, 0.2) is 5.69 Å². The predicted molar refractivity (Wildman–Crippen MR) is 175 cm³/mol. The summed E-state index contributed by atoms with van der Waals surface area (Å²) in [7, 11) is 1.71. The number of carbonyl (C=O) groups excluding carboxylic acids is 1. The summed E-state index contributed by atoms with van der Waals surface area (Å²) in [6.45, 7) is 7.94. The van der Waals surface area contributed by atoms with E-state index < -0.39 is 0 Å². The summed E-state index contributed by atoms with van der Waals surface area (Å²) in [6.07, 6.45) is 0.802. The largest absolute Gasteiger partial charge is 0.496 e. The Balaban J connectivity index is 1.25. The molecule has 0 spiro atoms. The van der Waals surface area contributed by atoms with E-state index >= 15 is 0 Å². The molecule has 0 bridgehead atoms. The van der Waals surface area contributed by atoms with Crippen LogP contribution in [-0.4, -0.2) is 58.0 Å². The van der Waals surface area contributed by atoms with Gasteiger partial charge in [0.05, 0.1) is 20.3 Å². The first-order valence-electron chi connectivity index (χ1n) is 15.3. The lowest BCUT2D eigenvalue weighted by Gasteiger charge is -2.28. The van der Waals surface area contributed by atoms with Crippen molar-refractivity contribution in [3.63, 3.8) is 0 Å². The van der Waals surface area contributed by atoms with Gasteiger partial charge >= 0.3 is 0 Å². The molecule has 0 saturated carbocycles. The van der Waals surface area contributed by atoms with E-state index in [2.05, 4.69) is 64.1 Å². The fourth-order valence-corrected chi connectivity index (χ4v) is 6.20. The highest BCUT2D eigenvalue weighted by Crippen LogP contribution is 2.31. The van der Waals surface area contributed by atoms with E-state index in [0.717, 1.165) is 58.2 Å². The van der Waals surface area contributed by atoms with E-state index in [1.54, 1.807) is 7.11 Å². The zero-order chi connectivity index (χ0) is 30.7. The van der Waals surface area contributed by atoms with Crippen molar-refractivity contribution in [2.45, 2.75) is 52.0 Å². The number of carbonyl (C=O) groups is 1. The number of fused-ring (bicyclic) bond motifs is 3. The minimum absolute atomic E-state index is 0.0427. The summed E-state index contributed by atoms with van der Waals surface area (Å²) >= 11 is 0. The number of aromatic nitrogens is 2. The number of aliphatic hydroxyl groups excluding tert-OH is 1. The van der Waals surface area contributed by atoms with Gasteiger partial charge in [0.1, 0.15) is 5.75 Å². The lowest BCUT2D eigenvalue weighted by Crippen LogP contribution is -2.44. The van der Waals surface area contributed by atoms with Gasteiger partial charge in [-0.3, -0.25) is 14.4 Å². The zero-order valence-corrected chi connectivity index (χ0v) is 25.8. The SMILES string of the molecule is COc1ccc(CN2CCc3c(c(C(=O)NCc4cccc5ccccc45)nn3CCNC(C)(C)CO)C2)c2ccccc12. The first kappa shape index (κ1) is 29.8. The van der Waals surface area contributed by atoms with E-state index in [1.165, 1.54) is 10.9 Å². The molecule has 1 aliphatic rings. The van der Waals surface area contributed by atoms with Crippen molar-refractivity contribution in [3.8, 4) is 5.75 Å². The van der Waals surface area contributed by atoms with Gasteiger partial charge in [-0.2, -0.15) is 5.10 Å². The van der Waals surface area contributed by atoms with Crippen LogP contribution >= 0.6 is 0 Å². The number of ether oxygens (including phenoxy) is 1. The molecule has 4 aromatic carbocycles. The molecule has 1 aliphatic heterocycles. The van der Waals surface area contributed by atoms with Gasteiger partial charge in [-0.15, -0.1) is 0 Å². The standard InChI is InChI=1S/C36H41N5O3/c1-36(2,24-42)38-18-20-41-32-17-19-40(22-27-15-16-33(44-3)30-14-7-6-13-29(27)30)23-31(32)34(39-41)35(43)37-21-26-11-8-10-25-9-4-5-12-28(25)26/h4-16,38,42H,17-24H2,1-3H3,(H,37,43). The van der Waals surface area contributed by atoms with Crippen molar-refractivity contribution in [2.24, 2.45) is 0 Å². The van der Waals surface area contributed by atoms with Crippen LogP contribution in [0.1, 0.15) is 46.7 Å². The van der Waals surface area contributed by atoms with Crippen molar-refractivity contribution in [3.05, 3.63) is 107 Å². The van der Waals surface area contributed by atoms with Crippen LogP contribution in [0.5, 0.6) is 5.75 Å². The average Bonchev–Trinajstić information content (AvgIpc) is 3.41. The fraction of sp³-hybridized carbons (Fsp3) is 0.333. The fourth-order valence-electron chi connectivity index (χ4n) is 6.20. The van der Waals surface area contributed by atoms with Crippen molar-refractivity contribution >= 4 is 27.5 Å². The Bertz CT molecular complexity index is 1790. The number of rotatable bonds is 11. The number of aliphatic hydroxyl groups is 1. The molecule has 2 heterocycles. The maximum atomic E-state index is 13.8. The molecule has 0 fully saturated rings. The Morgan fingerprint density at radius 3 is 2.50 bits per heavy atom. The van der Waals surface area contributed by atoms with Crippen LogP contribution < -0.4 is 15.4 Å². The van der Waals surface area contributed by atoms with E-state index in [-0.39, 0.29) is 18.1 Å². The molecule has 5 aromatic rings. The maximum Gasteiger partial charge on any atom is 0.272 e.